The molecule has 2 heterocycles. The summed E-state index contributed by atoms with van der Waals surface area (Å²) in [6, 6.07) is 14.7. The first kappa shape index (κ1) is 20.7. The van der Waals surface area contributed by atoms with Crippen LogP contribution in [0.2, 0.25) is 0 Å². The van der Waals surface area contributed by atoms with Gasteiger partial charge >= 0.3 is 0 Å². The topological polar surface area (TPSA) is 94.8 Å². The first-order valence-corrected chi connectivity index (χ1v) is 10.2. The number of benzene rings is 2. The molecule has 0 aliphatic carbocycles. The van der Waals surface area contributed by atoms with Gasteiger partial charge in [0.2, 0.25) is 0 Å². The Morgan fingerprint density at radius 2 is 1.74 bits per heavy atom. The Labute approximate surface area is 180 Å². The highest BCUT2D eigenvalue weighted by Gasteiger charge is 2.29. The van der Waals surface area contributed by atoms with Crippen molar-refractivity contribution >= 4 is 22.7 Å². The molecular weight excluding hydrogens is 394 g/mol. The number of fused-ring (bicyclic) bond motifs is 1. The van der Waals surface area contributed by atoms with E-state index in [4.69, 9.17) is 20.2 Å². The van der Waals surface area contributed by atoms with Crippen LogP contribution in [0.5, 0.6) is 11.5 Å². The monoisotopic (exact) mass is 419 g/mol. The number of rotatable bonds is 5. The van der Waals surface area contributed by atoms with E-state index in [0.717, 1.165) is 16.6 Å². The van der Waals surface area contributed by atoms with E-state index in [2.05, 4.69) is 0 Å². The average Bonchev–Trinajstić information content (AvgIpc) is 2.82. The molecule has 1 aliphatic heterocycles. The van der Waals surface area contributed by atoms with Gasteiger partial charge in [-0.1, -0.05) is 18.2 Å². The van der Waals surface area contributed by atoms with E-state index in [1.54, 1.807) is 25.3 Å². The number of nitrogens with zero attached hydrogens (tertiary/aromatic N) is 2. The van der Waals surface area contributed by atoms with Crippen LogP contribution in [0.25, 0.3) is 10.9 Å². The first-order chi connectivity index (χ1) is 15.0. The van der Waals surface area contributed by atoms with Crippen LogP contribution in [-0.4, -0.2) is 49.0 Å². The van der Waals surface area contributed by atoms with Gasteiger partial charge in [-0.15, -0.1) is 0 Å². The van der Waals surface area contributed by atoms with Gasteiger partial charge in [0.05, 0.1) is 36.6 Å². The lowest BCUT2D eigenvalue weighted by Crippen LogP contribution is -2.38. The number of carbonyl (C=O) groups is 2. The molecule has 0 unspecified atom stereocenters. The minimum Gasteiger partial charge on any atom is -0.497 e. The van der Waals surface area contributed by atoms with Gasteiger partial charge in [-0.3, -0.25) is 14.6 Å². The van der Waals surface area contributed by atoms with Crippen LogP contribution >= 0.6 is 0 Å². The number of ether oxygens (including phenoxy) is 2. The Morgan fingerprint density at radius 3 is 2.42 bits per heavy atom. The van der Waals surface area contributed by atoms with Crippen molar-refractivity contribution in [2.75, 3.05) is 27.3 Å². The van der Waals surface area contributed by atoms with Gasteiger partial charge in [0.1, 0.15) is 11.5 Å². The Balaban J connectivity index is 1.55. The summed E-state index contributed by atoms with van der Waals surface area (Å²) >= 11 is 0. The van der Waals surface area contributed by atoms with E-state index in [9.17, 15) is 9.59 Å². The number of likely N-dealkylation sites (tertiary alicyclic amines) is 1. The van der Waals surface area contributed by atoms with Crippen molar-refractivity contribution in [1.29, 1.82) is 0 Å². The fraction of sp³-hybridized carbons (Fsp3) is 0.292. The van der Waals surface area contributed by atoms with Crippen molar-refractivity contribution < 1.29 is 19.1 Å². The molecule has 7 nitrogen and oxygen atoms in total. The highest BCUT2D eigenvalue weighted by Crippen LogP contribution is 2.33. The zero-order valence-corrected chi connectivity index (χ0v) is 17.6. The number of para-hydroxylation sites is 1. The SMILES string of the molecule is COc1ccc(C(=O)N2CCC(c3nc4ccccc4cc3C(N)=O)CC2)c(OC)c1. The van der Waals surface area contributed by atoms with E-state index in [1.807, 2.05) is 35.2 Å². The van der Waals surface area contributed by atoms with E-state index >= 15 is 0 Å². The highest BCUT2D eigenvalue weighted by atomic mass is 16.5. The molecule has 2 N–H and O–H groups in total. The maximum Gasteiger partial charge on any atom is 0.257 e. The number of methoxy groups -OCH3 is 2. The summed E-state index contributed by atoms with van der Waals surface area (Å²) in [5, 5.41) is 0.888. The molecule has 0 saturated carbocycles. The lowest BCUT2D eigenvalue weighted by molar-refractivity contribution is 0.0707. The van der Waals surface area contributed by atoms with Gasteiger partial charge in [0.25, 0.3) is 11.8 Å². The van der Waals surface area contributed by atoms with Crippen molar-refractivity contribution in [3.05, 3.63) is 65.4 Å². The summed E-state index contributed by atoms with van der Waals surface area (Å²) in [4.78, 5) is 31.7. The number of piperidine rings is 1. The Bertz CT molecular complexity index is 1140. The minimum absolute atomic E-state index is 0.0638. The number of aromatic nitrogens is 1. The molecular formula is C24H25N3O4. The third kappa shape index (κ3) is 4.03. The molecule has 1 fully saturated rings. The number of pyridine rings is 1. The largest absolute Gasteiger partial charge is 0.497 e. The van der Waals surface area contributed by atoms with Crippen molar-refractivity contribution in [2.45, 2.75) is 18.8 Å². The number of hydrogen-bond donors (Lipinski definition) is 1. The lowest BCUT2D eigenvalue weighted by atomic mass is 9.89. The molecule has 2 amide bonds. The van der Waals surface area contributed by atoms with Crippen molar-refractivity contribution in [3.63, 3.8) is 0 Å². The normalized spacial score (nSPS) is 14.5. The van der Waals surface area contributed by atoms with Gasteiger partial charge < -0.3 is 20.1 Å². The van der Waals surface area contributed by atoms with Crippen LogP contribution in [0.4, 0.5) is 0 Å². The van der Waals surface area contributed by atoms with Crippen LogP contribution in [-0.2, 0) is 0 Å². The molecule has 0 bridgehead atoms. The van der Waals surface area contributed by atoms with Gasteiger partial charge in [-0.25, -0.2) is 0 Å². The Hall–Kier alpha value is -3.61. The first-order valence-electron chi connectivity index (χ1n) is 10.2. The van der Waals surface area contributed by atoms with Crippen molar-refractivity contribution in [2.24, 2.45) is 5.73 Å². The average molecular weight is 419 g/mol. The number of amides is 2. The summed E-state index contributed by atoms with van der Waals surface area (Å²) in [5.74, 6) is 0.621. The molecule has 0 radical (unpaired) electrons. The van der Waals surface area contributed by atoms with Crippen LogP contribution in [0.3, 0.4) is 0 Å². The second-order valence-corrected chi connectivity index (χ2v) is 7.61. The van der Waals surface area contributed by atoms with Crippen molar-refractivity contribution in [3.8, 4) is 11.5 Å². The molecule has 160 valence electrons. The summed E-state index contributed by atoms with van der Waals surface area (Å²) in [6.07, 6.45) is 1.41. The second-order valence-electron chi connectivity index (χ2n) is 7.61. The fourth-order valence-corrected chi connectivity index (χ4v) is 4.14. The molecule has 2 aromatic carbocycles. The van der Waals surface area contributed by atoms with Crippen LogP contribution < -0.4 is 15.2 Å². The van der Waals surface area contributed by atoms with E-state index in [1.165, 1.54) is 7.11 Å². The smallest absolute Gasteiger partial charge is 0.257 e. The van der Waals surface area contributed by atoms with Crippen molar-refractivity contribution in [1.82, 2.24) is 9.88 Å². The number of hydrogen-bond acceptors (Lipinski definition) is 5. The summed E-state index contributed by atoms with van der Waals surface area (Å²) in [5.41, 5.74) is 8.17. The molecule has 31 heavy (non-hydrogen) atoms. The van der Waals surface area contributed by atoms with E-state index in [0.29, 0.717) is 48.6 Å². The third-order valence-corrected chi connectivity index (χ3v) is 5.83. The highest BCUT2D eigenvalue weighted by molar-refractivity contribution is 5.98. The molecule has 0 spiro atoms. The molecule has 1 aliphatic rings. The fourth-order valence-electron chi connectivity index (χ4n) is 4.14. The van der Waals surface area contributed by atoms with Gasteiger partial charge in [-0.2, -0.15) is 0 Å². The zero-order chi connectivity index (χ0) is 22.0. The number of carbonyl (C=O) groups excluding carboxylic acids is 2. The van der Waals surface area contributed by atoms with Gasteiger partial charge in [-0.05, 0) is 37.1 Å². The van der Waals surface area contributed by atoms with Crippen LogP contribution in [0, 0.1) is 0 Å². The number of primary amides is 1. The summed E-state index contributed by atoms with van der Waals surface area (Å²) in [6.45, 7) is 1.12. The summed E-state index contributed by atoms with van der Waals surface area (Å²) < 4.78 is 10.6. The Morgan fingerprint density at radius 1 is 1.00 bits per heavy atom. The molecule has 3 aromatic rings. The Kier molecular flexibility index (Phi) is 5.75. The standard InChI is InChI=1S/C24H25N3O4/c1-30-17-7-8-18(21(14-17)31-2)24(29)27-11-9-15(10-12-27)22-19(23(25)28)13-16-5-3-4-6-20(16)26-22/h3-8,13-15H,9-12H2,1-2H3,(H2,25,28). The predicted molar refractivity (Wildman–Crippen MR) is 118 cm³/mol. The van der Waals surface area contributed by atoms with E-state index < -0.39 is 5.91 Å². The number of nitrogens with two attached hydrogens (primary N) is 1. The second kappa shape index (κ2) is 8.63. The van der Waals surface area contributed by atoms with Crippen LogP contribution in [0.15, 0.2) is 48.5 Å². The maximum atomic E-state index is 13.1. The lowest BCUT2D eigenvalue weighted by Gasteiger charge is -2.32. The maximum absolute atomic E-state index is 13.1. The predicted octanol–water partition coefficient (Wildman–Crippen LogP) is 3.37. The molecule has 7 heteroatoms. The zero-order valence-electron chi connectivity index (χ0n) is 17.6. The molecule has 0 atom stereocenters. The molecule has 4 rings (SSSR count). The third-order valence-electron chi connectivity index (χ3n) is 5.83. The van der Waals surface area contributed by atoms with Crippen LogP contribution in [0.1, 0.15) is 45.2 Å². The summed E-state index contributed by atoms with van der Waals surface area (Å²) in [7, 11) is 3.11. The molecule has 1 aromatic heterocycles. The molecule has 1 saturated heterocycles. The minimum atomic E-state index is -0.477. The quantitative estimate of drug-likeness (QED) is 0.684. The van der Waals surface area contributed by atoms with Gasteiger partial charge in [0, 0.05) is 30.5 Å². The van der Waals surface area contributed by atoms with Gasteiger partial charge in [0.15, 0.2) is 0 Å². The van der Waals surface area contributed by atoms with E-state index in [-0.39, 0.29) is 11.8 Å².